The highest BCUT2D eigenvalue weighted by Gasteiger charge is 2.35. The van der Waals surface area contributed by atoms with E-state index in [0.717, 1.165) is 33.0 Å². The number of hydrogen-bond acceptors (Lipinski definition) is 1. The number of hydrogen-bond donors (Lipinski definition) is 0. The molecule has 0 aliphatic heterocycles. The van der Waals surface area contributed by atoms with Crippen molar-refractivity contribution < 1.29 is 17.8 Å². The molecule has 0 fully saturated rings. The molecule has 1 heteroatoms. The Morgan fingerprint density at radius 3 is 2.02 bits per heavy atom. The Morgan fingerprint density at radius 1 is 0.477 bits per heavy atom. The molecule has 0 saturated carbocycles. The lowest BCUT2D eigenvalue weighted by Crippen LogP contribution is -2.16. The van der Waals surface area contributed by atoms with Crippen LogP contribution < -0.4 is 4.90 Å². The Bertz CT molecular complexity index is 2830. The first kappa shape index (κ1) is 15.9. The largest absolute Gasteiger partial charge is 0.310 e. The zero-order valence-corrected chi connectivity index (χ0v) is 24.0. The number of anilines is 3. The molecule has 7 aromatic carbocycles. The van der Waals surface area contributed by atoms with Gasteiger partial charge in [0.2, 0.25) is 0 Å². The molecule has 0 atom stereocenters. The molecule has 0 saturated heterocycles. The lowest BCUT2D eigenvalue weighted by molar-refractivity contribution is 0.660. The summed E-state index contributed by atoms with van der Waals surface area (Å²) in [7, 11) is 0. The fourth-order valence-corrected chi connectivity index (χ4v) is 6.05. The van der Waals surface area contributed by atoms with Gasteiger partial charge in [-0.15, -0.1) is 0 Å². The summed E-state index contributed by atoms with van der Waals surface area (Å²) in [6.07, 6.45) is 0. The van der Waals surface area contributed by atoms with Crippen LogP contribution in [0.15, 0.2) is 163 Å². The molecule has 210 valence electrons. The zero-order chi connectivity index (χ0) is 41.0. The van der Waals surface area contributed by atoms with Crippen LogP contribution >= 0.6 is 0 Å². The standard InChI is InChI=1S/C43H33N/c1-43(2)41-18-9-8-17-39(41)40-26-25-38(29-42(40)43)44(36-23-21-32(22-24-36)30-11-4-3-5-12-30)37-16-10-15-34(28-37)35-20-19-31-13-6-7-14-33(31)27-35/h3-29H,1-2H3/i3D,4D,5D,10D,11D,12D,15D,16D,21D,22D,23D,24D,28D. The first-order valence-corrected chi connectivity index (χ1v) is 14.3. The third kappa shape index (κ3) is 4.41. The second-order valence-corrected chi connectivity index (χ2v) is 11.2. The van der Waals surface area contributed by atoms with E-state index in [1.165, 1.54) is 4.90 Å². The lowest BCUT2D eigenvalue weighted by Gasteiger charge is -2.28. The van der Waals surface area contributed by atoms with Gasteiger partial charge in [0, 0.05) is 22.5 Å². The number of fused-ring (bicyclic) bond motifs is 4. The number of benzene rings is 7. The minimum absolute atomic E-state index is 0.0293. The molecule has 1 aliphatic carbocycles. The maximum Gasteiger partial charge on any atom is 0.0651 e. The molecule has 0 bridgehead atoms. The number of rotatable bonds is 5. The van der Waals surface area contributed by atoms with Crippen LogP contribution in [0.3, 0.4) is 0 Å². The van der Waals surface area contributed by atoms with Gasteiger partial charge in [0.1, 0.15) is 0 Å². The molecule has 0 heterocycles. The molecule has 0 radical (unpaired) electrons. The van der Waals surface area contributed by atoms with Gasteiger partial charge < -0.3 is 4.90 Å². The molecular weight excluding hydrogens is 530 g/mol. The monoisotopic (exact) mass is 576 g/mol. The van der Waals surface area contributed by atoms with Gasteiger partial charge in [0.05, 0.1) is 17.8 Å². The molecule has 0 amide bonds. The summed E-state index contributed by atoms with van der Waals surface area (Å²) in [4.78, 5) is 1.26. The van der Waals surface area contributed by atoms with Crippen LogP contribution in [0.4, 0.5) is 17.1 Å². The van der Waals surface area contributed by atoms with E-state index >= 15 is 0 Å². The Hall–Kier alpha value is -5.40. The summed E-state index contributed by atoms with van der Waals surface area (Å²) >= 11 is 0. The predicted molar refractivity (Wildman–Crippen MR) is 187 cm³/mol. The molecule has 0 spiro atoms. The highest BCUT2D eigenvalue weighted by molar-refractivity contribution is 5.89. The van der Waals surface area contributed by atoms with Gasteiger partial charge in [-0.2, -0.15) is 0 Å². The maximum atomic E-state index is 9.69. The first-order valence-electron chi connectivity index (χ1n) is 20.8. The van der Waals surface area contributed by atoms with E-state index in [0.29, 0.717) is 5.56 Å². The van der Waals surface area contributed by atoms with Crippen molar-refractivity contribution in [2.75, 3.05) is 4.90 Å². The van der Waals surface area contributed by atoms with Crippen molar-refractivity contribution in [2.24, 2.45) is 0 Å². The Labute approximate surface area is 278 Å². The second-order valence-electron chi connectivity index (χ2n) is 11.2. The molecule has 8 rings (SSSR count). The SMILES string of the molecule is [2H]c1c([2H])c([2H])c(-c2c([2H])c([2H])c(N(c3ccc4c(c3)C(C)(C)c3ccccc3-4)c3c([2H])c([2H])c([2H])c(-c4ccc5ccccc5c4)c3[2H])c([2H])c2[2H])c([2H])c1[2H]. The Kier molecular flexibility index (Phi) is 3.76. The van der Waals surface area contributed by atoms with Crippen LogP contribution in [0.2, 0.25) is 0 Å². The normalized spacial score (nSPS) is 17.1. The van der Waals surface area contributed by atoms with E-state index in [1.807, 2.05) is 66.7 Å². The molecular formula is C43H33N. The van der Waals surface area contributed by atoms with Crippen molar-refractivity contribution in [3.05, 3.63) is 175 Å². The quantitative estimate of drug-likeness (QED) is 0.197. The van der Waals surface area contributed by atoms with E-state index < -0.39 is 88.7 Å². The van der Waals surface area contributed by atoms with Crippen molar-refractivity contribution in [2.45, 2.75) is 19.3 Å². The Morgan fingerprint density at radius 2 is 1.18 bits per heavy atom. The van der Waals surface area contributed by atoms with Crippen LogP contribution in [-0.2, 0) is 5.41 Å². The molecule has 44 heavy (non-hydrogen) atoms. The molecule has 1 nitrogen and oxygen atoms in total. The third-order valence-corrected chi connectivity index (χ3v) is 8.28. The molecule has 7 aromatic rings. The second kappa shape index (κ2) is 10.4. The fraction of sp³-hybridized carbons (Fsp3) is 0.0698. The van der Waals surface area contributed by atoms with Crippen LogP contribution in [0.25, 0.3) is 44.2 Å². The van der Waals surface area contributed by atoms with Crippen LogP contribution in [0.1, 0.15) is 42.8 Å². The minimum Gasteiger partial charge on any atom is -0.310 e. The fourth-order valence-electron chi connectivity index (χ4n) is 6.05. The van der Waals surface area contributed by atoms with E-state index in [1.54, 1.807) is 18.2 Å². The molecule has 0 N–H and O–H groups in total. The van der Waals surface area contributed by atoms with Crippen molar-refractivity contribution in [3.63, 3.8) is 0 Å². The number of nitrogens with zero attached hydrogens (tertiary/aromatic N) is 1. The van der Waals surface area contributed by atoms with Gasteiger partial charge in [-0.3, -0.25) is 0 Å². The van der Waals surface area contributed by atoms with E-state index in [-0.39, 0.29) is 29.0 Å². The van der Waals surface area contributed by atoms with Crippen molar-refractivity contribution in [1.29, 1.82) is 0 Å². The predicted octanol–water partition coefficient (Wildman–Crippen LogP) is 11.9. The first-order chi connectivity index (χ1) is 27.0. The highest BCUT2D eigenvalue weighted by Crippen LogP contribution is 2.50. The van der Waals surface area contributed by atoms with Crippen LogP contribution in [0.5, 0.6) is 0 Å². The van der Waals surface area contributed by atoms with Gasteiger partial charge in [0.25, 0.3) is 0 Å². The van der Waals surface area contributed by atoms with Crippen LogP contribution in [0, 0.1) is 0 Å². The third-order valence-electron chi connectivity index (χ3n) is 8.28. The summed E-state index contributed by atoms with van der Waals surface area (Å²) in [5, 5.41) is 1.73. The average molecular weight is 577 g/mol. The van der Waals surface area contributed by atoms with E-state index in [2.05, 4.69) is 13.8 Å². The summed E-state index contributed by atoms with van der Waals surface area (Å²) in [5.41, 5.74) is 2.37. The summed E-state index contributed by atoms with van der Waals surface area (Å²) in [5.74, 6) is 0. The summed E-state index contributed by atoms with van der Waals surface area (Å²) in [6.45, 7) is 4.10. The minimum atomic E-state index is -0.709. The average Bonchev–Trinajstić information content (AvgIpc) is 3.43. The topological polar surface area (TPSA) is 3.24 Å². The molecule has 1 aliphatic rings. The highest BCUT2D eigenvalue weighted by atomic mass is 15.1. The van der Waals surface area contributed by atoms with E-state index in [4.69, 9.17) is 9.60 Å². The van der Waals surface area contributed by atoms with Gasteiger partial charge in [0.15, 0.2) is 0 Å². The van der Waals surface area contributed by atoms with Gasteiger partial charge in [-0.1, -0.05) is 135 Å². The van der Waals surface area contributed by atoms with Gasteiger partial charge in [-0.05, 0) is 97.6 Å². The van der Waals surface area contributed by atoms with Crippen molar-refractivity contribution in [1.82, 2.24) is 0 Å². The zero-order valence-electron chi connectivity index (χ0n) is 37.0. The molecule has 0 aromatic heterocycles. The van der Waals surface area contributed by atoms with Crippen molar-refractivity contribution >= 4 is 27.8 Å². The van der Waals surface area contributed by atoms with E-state index in [9.17, 15) is 8.22 Å². The summed E-state index contributed by atoms with van der Waals surface area (Å²) in [6, 6.07) is 18.2. The van der Waals surface area contributed by atoms with Gasteiger partial charge in [-0.25, -0.2) is 0 Å². The smallest absolute Gasteiger partial charge is 0.0651 e. The maximum absolute atomic E-state index is 9.69. The van der Waals surface area contributed by atoms with Gasteiger partial charge >= 0.3 is 0 Å². The lowest BCUT2D eigenvalue weighted by atomic mass is 9.82. The molecule has 0 unspecified atom stereocenters. The Balaban J connectivity index is 1.47. The summed E-state index contributed by atoms with van der Waals surface area (Å²) < 4.78 is 116. The van der Waals surface area contributed by atoms with Crippen LogP contribution in [-0.4, -0.2) is 0 Å². The van der Waals surface area contributed by atoms with Crippen molar-refractivity contribution in [3.8, 4) is 33.4 Å².